The highest BCUT2D eigenvalue weighted by atomic mass is 35.5. The maximum Gasteiger partial charge on any atom is 0.435 e. The summed E-state index contributed by atoms with van der Waals surface area (Å²) in [5.74, 6) is 0. The average Bonchev–Trinajstić information content (AvgIpc) is 3.02. The van der Waals surface area contributed by atoms with Crippen molar-refractivity contribution in [3.63, 3.8) is 0 Å². The van der Waals surface area contributed by atoms with Crippen LogP contribution in [0.15, 0.2) is 48.5 Å². The molecule has 0 saturated heterocycles. The fourth-order valence-corrected chi connectivity index (χ4v) is 3.57. The zero-order valence-electron chi connectivity index (χ0n) is 13.8. The minimum Gasteiger partial charge on any atom is -0.448 e. The summed E-state index contributed by atoms with van der Waals surface area (Å²) >= 11 is 6.17. The maximum atomic E-state index is 12.5. The second kappa shape index (κ2) is 6.37. The third-order valence-corrected chi connectivity index (χ3v) is 4.67. The van der Waals surface area contributed by atoms with E-state index in [9.17, 15) is 4.79 Å². The predicted molar refractivity (Wildman–Crippen MR) is 97.9 cm³/mol. The van der Waals surface area contributed by atoms with E-state index in [0.29, 0.717) is 11.6 Å². The Morgan fingerprint density at radius 3 is 2.84 bits per heavy atom. The lowest BCUT2D eigenvalue weighted by Crippen LogP contribution is -2.16. The van der Waals surface area contributed by atoms with Gasteiger partial charge in [0.1, 0.15) is 0 Å². The van der Waals surface area contributed by atoms with Crippen molar-refractivity contribution in [1.29, 1.82) is 0 Å². The van der Waals surface area contributed by atoms with Gasteiger partial charge in [-0.3, -0.25) is 0 Å². The molecule has 3 aromatic rings. The molecule has 0 radical (unpaired) electrons. The quantitative estimate of drug-likeness (QED) is 0.653. The first kappa shape index (κ1) is 15.9. The minimum atomic E-state index is -0.468. The summed E-state index contributed by atoms with van der Waals surface area (Å²) < 4.78 is 6.59. The molecule has 0 N–H and O–H groups in total. The number of halogens is 1. The van der Waals surface area contributed by atoms with E-state index in [0.717, 1.165) is 40.9 Å². The van der Waals surface area contributed by atoms with Crippen LogP contribution in [0.1, 0.15) is 18.1 Å². The van der Waals surface area contributed by atoms with Crippen LogP contribution < -0.4 is 0 Å². The van der Waals surface area contributed by atoms with E-state index in [4.69, 9.17) is 16.3 Å². The van der Waals surface area contributed by atoms with Crippen molar-refractivity contribution in [2.45, 2.75) is 19.8 Å². The van der Waals surface area contributed by atoms with E-state index < -0.39 is 6.09 Å². The molecule has 25 heavy (non-hydrogen) atoms. The smallest absolute Gasteiger partial charge is 0.435 e. The van der Waals surface area contributed by atoms with Crippen LogP contribution in [0.5, 0.6) is 0 Å². The topological polar surface area (TPSA) is 44.1 Å². The zero-order valence-corrected chi connectivity index (χ0v) is 14.6. The number of nitrogens with zero attached hydrogens (tertiary/aromatic N) is 2. The summed E-state index contributed by atoms with van der Waals surface area (Å²) in [4.78, 5) is 12.5. The fourth-order valence-electron chi connectivity index (χ4n) is 3.38. The van der Waals surface area contributed by atoms with Crippen LogP contribution in [0.4, 0.5) is 4.79 Å². The van der Waals surface area contributed by atoms with Gasteiger partial charge in [-0.25, -0.2) is 4.79 Å². The molecule has 0 atom stereocenters. The van der Waals surface area contributed by atoms with E-state index in [2.05, 4.69) is 17.2 Å². The molecule has 0 unspecified atom stereocenters. The Balaban J connectivity index is 1.97. The van der Waals surface area contributed by atoms with Gasteiger partial charge in [-0.2, -0.15) is 9.78 Å². The Bertz CT molecular complexity index is 962. The van der Waals surface area contributed by atoms with E-state index in [1.165, 1.54) is 10.2 Å². The number of aromatic nitrogens is 2. The van der Waals surface area contributed by atoms with Crippen molar-refractivity contribution < 1.29 is 9.53 Å². The molecular weight excluding hydrogens is 336 g/mol. The molecule has 126 valence electrons. The van der Waals surface area contributed by atoms with Gasteiger partial charge in [-0.15, -0.1) is 0 Å². The number of ether oxygens (including phenoxy) is 1. The molecule has 5 heteroatoms. The van der Waals surface area contributed by atoms with Crippen molar-refractivity contribution in [2.24, 2.45) is 0 Å². The van der Waals surface area contributed by atoms with Crippen LogP contribution in [-0.2, 0) is 17.6 Å². The van der Waals surface area contributed by atoms with E-state index >= 15 is 0 Å². The third-order valence-electron chi connectivity index (χ3n) is 4.44. The number of rotatable bonds is 2. The van der Waals surface area contributed by atoms with Crippen molar-refractivity contribution in [2.75, 3.05) is 6.61 Å². The Hall–Kier alpha value is -2.59. The average molecular weight is 353 g/mol. The highest BCUT2D eigenvalue weighted by Gasteiger charge is 2.28. The van der Waals surface area contributed by atoms with Crippen LogP contribution in [0.3, 0.4) is 0 Å². The lowest BCUT2D eigenvalue weighted by Gasteiger charge is -2.16. The van der Waals surface area contributed by atoms with Crippen LogP contribution in [0, 0.1) is 0 Å². The fraction of sp³-hybridized carbons (Fsp3) is 0.200. The third kappa shape index (κ3) is 2.72. The molecule has 2 aromatic carbocycles. The van der Waals surface area contributed by atoms with Gasteiger partial charge < -0.3 is 4.74 Å². The van der Waals surface area contributed by atoms with Crippen LogP contribution in [0.25, 0.3) is 22.5 Å². The van der Waals surface area contributed by atoms with Crippen molar-refractivity contribution in [3.8, 4) is 22.5 Å². The molecular formula is C20H17ClN2O2. The molecule has 0 spiro atoms. The second-order valence-corrected chi connectivity index (χ2v) is 6.39. The largest absolute Gasteiger partial charge is 0.448 e. The van der Waals surface area contributed by atoms with Gasteiger partial charge in [-0.1, -0.05) is 48.0 Å². The van der Waals surface area contributed by atoms with Crippen molar-refractivity contribution in [3.05, 3.63) is 64.7 Å². The van der Waals surface area contributed by atoms with Gasteiger partial charge >= 0.3 is 6.09 Å². The monoisotopic (exact) mass is 352 g/mol. The Morgan fingerprint density at radius 1 is 1.20 bits per heavy atom. The lowest BCUT2D eigenvalue weighted by atomic mass is 9.88. The highest BCUT2D eigenvalue weighted by Crippen LogP contribution is 2.39. The van der Waals surface area contributed by atoms with Crippen molar-refractivity contribution >= 4 is 17.7 Å². The number of aryl methyl sites for hydroxylation is 1. The van der Waals surface area contributed by atoms with Gasteiger partial charge in [0.15, 0.2) is 0 Å². The molecule has 0 amide bonds. The number of hydrogen-bond donors (Lipinski definition) is 0. The Labute approximate surface area is 151 Å². The second-order valence-electron chi connectivity index (χ2n) is 5.95. The molecule has 4 rings (SSSR count). The molecule has 0 fully saturated rings. The molecule has 0 saturated carbocycles. The highest BCUT2D eigenvalue weighted by molar-refractivity contribution is 6.30. The van der Waals surface area contributed by atoms with E-state index in [1.54, 1.807) is 6.92 Å². The van der Waals surface area contributed by atoms with Crippen LogP contribution >= 0.6 is 11.6 Å². The normalized spacial score (nSPS) is 12.4. The molecule has 1 aliphatic rings. The summed E-state index contributed by atoms with van der Waals surface area (Å²) in [6.45, 7) is 2.09. The summed E-state index contributed by atoms with van der Waals surface area (Å²) in [5, 5.41) is 5.24. The molecule has 0 aliphatic heterocycles. The summed E-state index contributed by atoms with van der Waals surface area (Å²) in [6, 6.07) is 15.7. The summed E-state index contributed by atoms with van der Waals surface area (Å²) in [5.41, 5.74) is 5.88. The molecule has 1 heterocycles. The van der Waals surface area contributed by atoms with Crippen molar-refractivity contribution in [1.82, 2.24) is 9.78 Å². The van der Waals surface area contributed by atoms with Gasteiger partial charge in [0.05, 0.1) is 18.0 Å². The Kier molecular flexibility index (Phi) is 4.06. The van der Waals surface area contributed by atoms with Crippen LogP contribution in [0.2, 0.25) is 5.02 Å². The first-order chi connectivity index (χ1) is 12.2. The number of carbonyl (C=O) groups is 1. The zero-order chi connectivity index (χ0) is 17.4. The molecule has 4 nitrogen and oxygen atoms in total. The number of carbonyl (C=O) groups excluding carboxylic acids is 1. The van der Waals surface area contributed by atoms with E-state index in [-0.39, 0.29) is 0 Å². The van der Waals surface area contributed by atoms with Crippen LogP contribution in [-0.4, -0.2) is 22.5 Å². The maximum absolute atomic E-state index is 12.5. The minimum absolute atomic E-state index is 0.301. The number of fused-ring (bicyclic) bond motifs is 3. The van der Waals surface area contributed by atoms with Gasteiger partial charge in [0, 0.05) is 21.7 Å². The summed E-state index contributed by atoms with van der Waals surface area (Å²) in [7, 11) is 0. The predicted octanol–water partition coefficient (Wildman–Crippen LogP) is 4.97. The summed E-state index contributed by atoms with van der Waals surface area (Å²) in [6.07, 6.45) is 1.28. The molecule has 1 aromatic heterocycles. The first-order valence-corrected chi connectivity index (χ1v) is 8.70. The number of hydrogen-bond acceptors (Lipinski definition) is 3. The molecule has 0 bridgehead atoms. The lowest BCUT2D eigenvalue weighted by molar-refractivity contribution is 0.151. The van der Waals surface area contributed by atoms with Gasteiger partial charge in [-0.05, 0) is 37.5 Å². The van der Waals surface area contributed by atoms with E-state index in [1.807, 2.05) is 36.4 Å². The standard InChI is InChI=1S/C20H17ClN2O2/c1-2-25-20(24)23-19(14-7-5-8-15(21)12-14)17-11-10-13-6-3-4-9-16(13)18(17)22-23/h3-9,12H,2,10-11H2,1H3. The SMILES string of the molecule is CCOC(=O)n1nc2c(c1-c1cccc(Cl)c1)CCc1ccccc1-2. The van der Waals surface area contributed by atoms with Gasteiger partial charge in [0.2, 0.25) is 0 Å². The number of benzene rings is 2. The molecule has 1 aliphatic carbocycles. The first-order valence-electron chi connectivity index (χ1n) is 8.32. The Morgan fingerprint density at radius 2 is 2.04 bits per heavy atom. The van der Waals surface area contributed by atoms with Gasteiger partial charge in [0.25, 0.3) is 0 Å².